The molecule has 7 heteroatoms. The van der Waals surface area contributed by atoms with Crippen LogP contribution in [-0.2, 0) is 17.8 Å². The Hall–Kier alpha value is -4.26. The van der Waals surface area contributed by atoms with Gasteiger partial charge in [0.25, 0.3) is 0 Å². The summed E-state index contributed by atoms with van der Waals surface area (Å²) in [5.41, 5.74) is 5.66. The van der Waals surface area contributed by atoms with Crippen molar-refractivity contribution < 1.29 is 18.7 Å². The van der Waals surface area contributed by atoms with Gasteiger partial charge in [0.15, 0.2) is 0 Å². The number of carbonyl (C=O) groups excluding carboxylic acids is 1. The van der Waals surface area contributed by atoms with Crippen molar-refractivity contribution in [1.82, 2.24) is 9.80 Å². The second-order valence-electron chi connectivity index (χ2n) is 10.0. The van der Waals surface area contributed by atoms with Crippen LogP contribution in [0.25, 0.3) is 6.08 Å². The van der Waals surface area contributed by atoms with Crippen molar-refractivity contribution in [2.45, 2.75) is 32.1 Å². The molecule has 0 fully saturated rings. The fraction of sp³-hybridized carbons (Fsp3) is 0.281. The highest BCUT2D eigenvalue weighted by Crippen LogP contribution is 2.39. The Morgan fingerprint density at radius 2 is 1.85 bits per heavy atom. The number of alkyl halides is 1. The molecule has 0 aromatic heterocycles. The first-order chi connectivity index (χ1) is 18.9. The van der Waals surface area contributed by atoms with E-state index in [1.165, 1.54) is 11.8 Å². The predicted octanol–water partition coefficient (Wildman–Crippen LogP) is 5.95. The van der Waals surface area contributed by atoms with Gasteiger partial charge in [-0.15, -0.1) is 0 Å². The molecule has 1 heterocycles. The molecule has 1 aliphatic carbocycles. The van der Waals surface area contributed by atoms with Gasteiger partial charge in [0.2, 0.25) is 5.91 Å². The number of allylic oxidation sites excluding steroid dienone is 1. The molecule has 3 aromatic rings. The number of ether oxygens (including phenoxy) is 2. The number of amides is 1. The first kappa shape index (κ1) is 26.4. The summed E-state index contributed by atoms with van der Waals surface area (Å²) in [7, 11) is 5.30. The van der Waals surface area contributed by atoms with E-state index in [4.69, 9.17) is 9.47 Å². The Balaban J connectivity index is 1.42. The molecule has 1 unspecified atom stereocenters. The van der Waals surface area contributed by atoms with Crippen molar-refractivity contribution in [1.29, 1.82) is 0 Å². The number of nitrogens with zero attached hydrogens (tertiary/aromatic N) is 3. The minimum Gasteiger partial charge on any atom is -0.497 e. The van der Waals surface area contributed by atoms with Gasteiger partial charge in [0.1, 0.15) is 17.7 Å². The first-order valence-electron chi connectivity index (χ1n) is 13.1. The fourth-order valence-electron chi connectivity index (χ4n) is 5.28. The Labute approximate surface area is 229 Å². The molecule has 202 valence electrons. The predicted molar refractivity (Wildman–Crippen MR) is 152 cm³/mol. The largest absolute Gasteiger partial charge is 0.497 e. The topological polar surface area (TPSA) is 45.2 Å². The summed E-state index contributed by atoms with van der Waals surface area (Å²) >= 11 is 0. The molecule has 0 spiro atoms. The summed E-state index contributed by atoms with van der Waals surface area (Å²) in [5.74, 6) is 1.19. The first-order valence-corrected chi connectivity index (χ1v) is 13.1. The lowest BCUT2D eigenvalue weighted by atomic mass is 10.0. The number of hydrogen-bond donors (Lipinski definition) is 0. The van der Waals surface area contributed by atoms with Crippen LogP contribution in [0.15, 0.2) is 84.7 Å². The van der Waals surface area contributed by atoms with Gasteiger partial charge in [-0.05, 0) is 59.5 Å². The van der Waals surface area contributed by atoms with Gasteiger partial charge in [-0.1, -0.05) is 42.5 Å². The summed E-state index contributed by atoms with van der Waals surface area (Å²) in [6.45, 7) is 3.09. The minimum atomic E-state index is -1.17. The van der Waals surface area contributed by atoms with Crippen molar-refractivity contribution in [3.05, 3.63) is 107 Å². The van der Waals surface area contributed by atoms with E-state index in [2.05, 4.69) is 22.9 Å². The maximum Gasteiger partial charge on any atom is 0.247 e. The molecule has 0 radical (unpaired) electrons. The maximum atomic E-state index is 15.5. The van der Waals surface area contributed by atoms with E-state index in [1.54, 1.807) is 25.2 Å². The second kappa shape index (κ2) is 11.2. The Morgan fingerprint density at radius 3 is 2.54 bits per heavy atom. The number of anilines is 1. The van der Waals surface area contributed by atoms with Crippen LogP contribution in [-0.4, -0.2) is 49.8 Å². The Kier molecular flexibility index (Phi) is 7.59. The van der Waals surface area contributed by atoms with Crippen molar-refractivity contribution >= 4 is 17.7 Å². The number of hydrogen-bond acceptors (Lipinski definition) is 5. The van der Waals surface area contributed by atoms with Gasteiger partial charge in [-0.2, -0.15) is 0 Å². The van der Waals surface area contributed by atoms with Crippen LogP contribution in [0.1, 0.15) is 35.2 Å². The van der Waals surface area contributed by atoms with Crippen LogP contribution < -0.4 is 14.4 Å². The zero-order valence-electron chi connectivity index (χ0n) is 22.8. The van der Waals surface area contributed by atoms with Gasteiger partial charge in [0, 0.05) is 38.0 Å². The van der Waals surface area contributed by atoms with Crippen LogP contribution in [0.2, 0.25) is 0 Å². The summed E-state index contributed by atoms with van der Waals surface area (Å²) < 4.78 is 26.4. The highest BCUT2D eigenvalue weighted by molar-refractivity contribution is 5.92. The van der Waals surface area contributed by atoms with Gasteiger partial charge < -0.3 is 24.2 Å². The summed E-state index contributed by atoms with van der Waals surface area (Å²) in [6.07, 6.45) is 4.50. The minimum absolute atomic E-state index is 0.252. The molecule has 1 amide bonds. The monoisotopic (exact) mass is 527 g/mol. The fourth-order valence-corrected chi connectivity index (χ4v) is 5.28. The summed E-state index contributed by atoms with van der Waals surface area (Å²) in [4.78, 5) is 19.6. The molecule has 1 aliphatic heterocycles. The molecular formula is C32H34FN3O3. The highest BCUT2D eigenvalue weighted by atomic mass is 19.1. The molecule has 0 N–H and O–H groups in total. The number of rotatable bonds is 8. The summed E-state index contributed by atoms with van der Waals surface area (Å²) in [5, 5.41) is 0. The number of methoxy groups -OCH3 is 2. The van der Waals surface area contributed by atoms with E-state index in [1.807, 2.05) is 73.8 Å². The van der Waals surface area contributed by atoms with Gasteiger partial charge in [-0.25, -0.2) is 4.39 Å². The van der Waals surface area contributed by atoms with E-state index in [9.17, 15) is 4.79 Å². The SMILES string of the molecule is COc1ccc(CN(C(=O)/C=C/c2ccc(N3C=C(C)N(C)C3)c(OC)c2)C2c3ccccc3C[C@@H]2F)cc1. The maximum absolute atomic E-state index is 15.5. The smallest absolute Gasteiger partial charge is 0.247 e. The van der Waals surface area contributed by atoms with Crippen LogP contribution in [0.3, 0.4) is 0 Å². The van der Waals surface area contributed by atoms with Crippen molar-refractivity contribution in [3.8, 4) is 11.5 Å². The van der Waals surface area contributed by atoms with Crippen molar-refractivity contribution in [2.24, 2.45) is 0 Å². The number of benzene rings is 3. The molecule has 0 saturated heterocycles. The molecule has 0 bridgehead atoms. The third-order valence-electron chi connectivity index (χ3n) is 7.50. The lowest BCUT2D eigenvalue weighted by molar-refractivity contribution is -0.130. The lowest BCUT2D eigenvalue weighted by Gasteiger charge is -2.30. The Morgan fingerprint density at radius 1 is 1.08 bits per heavy atom. The summed E-state index contributed by atoms with van der Waals surface area (Å²) in [6, 6.07) is 20.4. The normalized spacial score (nSPS) is 18.3. The highest BCUT2D eigenvalue weighted by Gasteiger charge is 2.38. The second-order valence-corrected chi connectivity index (χ2v) is 10.0. The molecule has 5 rings (SSSR count). The van der Waals surface area contributed by atoms with E-state index < -0.39 is 12.2 Å². The lowest BCUT2D eigenvalue weighted by Crippen LogP contribution is -2.36. The zero-order chi connectivity index (χ0) is 27.5. The van der Waals surface area contributed by atoms with Crippen LogP contribution in [0.5, 0.6) is 11.5 Å². The van der Waals surface area contributed by atoms with E-state index in [0.717, 1.165) is 40.4 Å². The van der Waals surface area contributed by atoms with E-state index in [-0.39, 0.29) is 12.5 Å². The van der Waals surface area contributed by atoms with E-state index in [0.29, 0.717) is 12.2 Å². The average molecular weight is 528 g/mol. The third kappa shape index (κ3) is 5.48. The molecule has 2 atom stereocenters. The molecule has 39 heavy (non-hydrogen) atoms. The quantitative estimate of drug-likeness (QED) is 0.339. The number of halogens is 1. The van der Waals surface area contributed by atoms with Gasteiger partial charge in [0.05, 0.1) is 32.6 Å². The van der Waals surface area contributed by atoms with Gasteiger partial charge >= 0.3 is 0 Å². The van der Waals surface area contributed by atoms with Crippen LogP contribution >= 0.6 is 0 Å². The molecule has 6 nitrogen and oxygen atoms in total. The Bertz CT molecular complexity index is 1400. The molecule has 3 aromatic carbocycles. The molecule has 0 saturated carbocycles. The molecular weight excluding hydrogens is 493 g/mol. The van der Waals surface area contributed by atoms with Crippen LogP contribution in [0, 0.1) is 0 Å². The third-order valence-corrected chi connectivity index (χ3v) is 7.50. The average Bonchev–Trinajstić information content (AvgIpc) is 3.47. The van der Waals surface area contributed by atoms with Gasteiger partial charge in [-0.3, -0.25) is 4.79 Å². The number of fused-ring (bicyclic) bond motifs is 1. The molecule has 2 aliphatic rings. The van der Waals surface area contributed by atoms with Crippen molar-refractivity contribution in [3.63, 3.8) is 0 Å². The van der Waals surface area contributed by atoms with E-state index >= 15 is 4.39 Å². The number of carbonyl (C=O) groups is 1. The van der Waals surface area contributed by atoms with Crippen LogP contribution in [0.4, 0.5) is 10.1 Å². The zero-order valence-corrected chi connectivity index (χ0v) is 22.8. The standard InChI is InChI=1S/C32H34FN3O3/c1-22-19-35(21-34(22)2)29-15-11-23(17-30(29)39-4)12-16-31(37)36(20-24-9-13-26(38-3)14-10-24)32-27-8-6-5-7-25(27)18-28(32)33/h5-17,19,28,32H,18,20-21H2,1-4H3/b16-12+/t28-,32?/m0/s1. The van der Waals surface area contributed by atoms with Crippen molar-refractivity contribution in [2.75, 3.05) is 32.8 Å².